The molecule has 0 radical (unpaired) electrons. The normalized spacial score (nSPS) is 19.0. The first-order chi connectivity index (χ1) is 13.1. The van der Waals surface area contributed by atoms with E-state index in [9.17, 15) is 9.59 Å². The first-order valence-corrected chi connectivity index (χ1v) is 9.32. The van der Waals surface area contributed by atoms with Gasteiger partial charge in [-0.25, -0.2) is 0 Å². The molecule has 0 bridgehead atoms. The number of carboxylic acid groups (broad SMARTS) is 1. The van der Waals surface area contributed by atoms with E-state index in [-0.39, 0.29) is 17.7 Å². The summed E-state index contributed by atoms with van der Waals surface area (Å²) in [6.45, 7) is 1.58. The fourth-order valence-corrected chi connectivity index (χ4v) is 3.39. The zero-order chi connectivity index (χ0) is 19.1. The molecule has 2 aromatic carbocycles. The molecule has 1 aliphatic rings. The molecule has 27 heavy (non-hydrogen) atoms. The highest BCUT2D eigenvalue weighted by atomic mass is 16.5. The Labute approximate surface area is 159 Å². The minimum atomic E-state index is -0.796. The number of aliphatic carboxylic acids is 1. The highest BCUT2D eigenvalue weighted by Crippen LogP contribution is 2.31. The second kappa shape index (κ2) is 9.33. The van der Waals surface area contributed by atoms with Gasteiger partial charge >= 0.3 is 5.97 Å². The molecule has 0 aliphatic heterocycles. The maximum Gasteiger partial charge on any atom is 0.306 e. The molecule has 1 fully saturated rings. The molecule has 1 aliphatic carbocycles. The lowest BCUT2D eigenvalue weighted by Gasteiger charge is -2.11. The van der Waals surface area contributed by atoms with Gasteiger partial charge in [0.25, 0.3) is 0 Å². The van der Waals surface area contributed by atoms with Crippen molar-refractivity contribution in [2.75, 3.05) is 0 Å². The summed E-state index contributed by atoms with van der Waals surface area (Å²) in [5.41, 5.74) is 3.25. The summed E-state index contributed by atoms with van der Waals surface area (Å²) < 4.78 is 5.72. The quantitative estimate of drug-likeness (QED) is 0.748. The number of nitrogens with one attached hydrogen (secondary N) is 1. The van der Waals surface area contributed by atoms with Crippen LogP contribution in [-0.2, 0) is 34.1 Å². The van der Waals surface area contributed by atoms with Crippen molar-refractivity contribution in [2.24, 2.45) is 11.8 Å². The van der Waals surface area contributed by atoms with Crippen LogP contribution in [0.5, 0.6) is 0 Å². The minimum Gasteiger partial charge on any atom is -0.481 e. The predicted octanol–water partition coefficient (Wildman–Crippen LogP) is 3.52. The number of benzene rings is 2. The summed E-state index contributed by atoms with van der Waals surface area (Å²) in [6.07, 6.45) is 1.68. The third-order valence-electron chi connectivity index (χ3n) is 5.02. The summed E-state index contributed by atoms with van der Waals surface area (Å²) in [6, 6.07) is 18.0. The standard InChI is InChI=1S/C22H25NO4/c24-21(19-10-11-20(12-19)22(25)26)23-13-16-6-8-18(9-7-16)15-27-14-17-4-2-1-3-5-17/h1-9,19-20H,10-15H2,(H,23,24)(H,25,26)/t19-,20+/m0/s1. The Balaban J connectivity index is 1.40. The predicted molar refractivity (Wildman–Crippen MR) is 102 cm³/mol. The highest BCUT2D eigenvalue weighted by Gasteiger charge is 2.33. The highest BCUT2D eigenvalue weighted by molar-refractivity contribution is 5.80. The van der Waals surface area contributed by atoms with Gasteiger partial charge in [0.05, 0.1) is 19.1 Å². The Morgan fingerprint density at radius 2 is 1.48 bits per heavy atom. The largest absolute Gasteiger partial charge is 0.481 e. The van der Waals surface area contributed by atoms with E-state index in [1.165, 1.54) is 0 Å². The number of ether oxygens (including phenoxy) is 1. The van der Waals surface area contributed by atoms with E-state index in [1.807, 2.05) is 54.6 Å². The zero-order valence-corrected chi connectivity index (χ0v) is 15.3. The number of hydrogen-bond donors (Lipinski definition) is 2. The van der Waals surface area contributed by atoms with Gasteiger partial charge in [-0.1, -0.05) is 54.6 Å². The van der Waals surface area contributed by atoms with Crippen LogP contribution in [0.25, 0.3) is 0 Å². The van der Waals surface area contributed by atoms with Crippen LogP contribution in [0.15, 0.2) is 54.6 Å². The van der Waals surface area contributed by atoms with E-state index in [4.69, 9.17) is 9.84 Å². The van der Waals surface area contributed by atoms with Crippen molar-refractivity contribution < 1.29 is 19.4 Å². The number of amides is 1. The number of carbonyl (C=O) groups excluding carboxylic acids is 1. The molecule has 0 saturated heterocycles. The molecule has 0 unspecified atom stereocenters. The Morgan fingerprint density at radius 1 is 0.889 bits per heavy atom. The summed E-state index contributed by atoms with van der Waals surface area (Å²) >= 11 is 0. The first-order valence-electron chi connectivity index (χ1n) is 9.32. The maximum absolute atomic E-state index is 12.2. The van der Waals surface area contributed by atoms with Crippen molar-refractivity contribution in [3.05, 3.63) is 71.3 Å². The maximum atomic E-state index is 12.2. The first kappa shape index (κ1) is 19.1. The third kappa shape index (κ3) is 5.66. The van der Waals surface area contributed by atoms with Crippen molar-refractivity contribution in [1.29, 1.82) is 0 Å². The summed E-state index contributed by atoms with van der Waals surface area (Å²) in [5.74, 6) is -1.41. The molecular formula is C22H25NO4. The van der Waals surface area contributed by atoms with Crippen LogP contribution >= 0.6 is 0 Å². The van der Waals surface area contributed by atoms with Crippen LogP contribution in [0.3, 0.4) is 0 Å². The van der Waals surface area contributed by atoms with E-state index in [0.29, 0.717) is 39.0 Å². The summed E-state index contributed by atoms with van der Waals surface area (Å²) in [5, 5.41) is 12.0. The van der Waals surface area contributed by atoms with Crippen molar-refractivity contribution in [3.8, 4) is 0 Å². The number of hydrogen-bond acceptors (Lipinski definition) is 3. The van der Waals surface area contributed by atoms with E-state index in [0.717, 1.165) is 16.7 Å². The van der Waals surface area contributed by atoms with Gasteiger partial charge in [-0.2, -0.15) is 0 Å². The smallest absolute Gasteiger partial charge is 0.306 e. The molecule has 2 aromatic rings. The molecule has 1 amide bonds. The third-order valence-corrected chi connectivity index (χ3v) is 5.02. The monoisotopic (exact) mass is 367 g/mol. The van der Waals surface area contributed by atoms with Gasteiger partial charge in [-0.3, -0.25) is 9.59 Å². The van der Waals surface area contributed by atoms with Gasteiger partial charge < -0.3 is 15.2 Å². The summed E-state index contributed by atoms with van der Waals surface area (Å²) in [4.78, 5) is 23.2. The van der Waals surface area contributed by atoms with Crippen LogP contribution < -0.4 is 5.32 Å². The van der Waals surface area contributed by atoms with E-state index < -0.39 is 5.97 Å². The van der Waals surface area contributed by atoms with Crippen molar-refractivity contribution in [3.63, 3.8) is 0 Å². The zero-order valence-electron chi connectivity index (χ0n) is 15.3. The fourth-order valence-electron chi connectivity index (χ4n) is 3.39. The molecule has 5 heteroatoms. The van der Waals surface area contributed by atoms with Crippen LogP contribution in [0.4, 0.5) is 0 Å². The van der Waals surface area contributed by atoms with Gasteiger partial charge in [0.2, 0.25) is 5.91 Å². The average Bonchev–Trinajstić information content (AvgIpc) is 3.19. The lowest BCUT2D eigenvalue weighted by Crippen LogP contribution is -2.29. The minimum absolute atomic E-state index is 0.0472. The second-order valence-electron chi connectivity index (χ2n) is 7.06. The van der Waals surface area contributed by atoms with Gasteiger partial charge in [0.1, 0.15) is 0 Å². The van der Waals surface area contributed by atoms with Crippen molar-refractivity contribution in [1.82, 2.24) is 5.32 Å². The van der Waals surface area contributed by atoms with Crippen LogP contribution in [0.1, 0.15) is 36.0 Å². The second-order valence-corrected chi connectivity index (χ2v) is 7.06. The molecule has 1 saturated carbocycles. The van der Waals surface area contributed by atoms with Gasteiger partial charge in [-0.05, 0) is 36.0 Å². The molecule has 142 valence electrons. The van der Waals surface area contributed by atoms with Crippen LogP contribution in [-0.4, -0.2) is 17.0 Å². The molecular weight excluding hydrogens is 342 g/mol. The van der Waals surface area contributed by atoms with Crippen molar-refractivity contribution >= 4 is 11.9 Å². The van der Waals surface area contributed by atoms with Gasteiger partial charge in [0, 0.05) is 12.5 Å². The lowest BCUT2D eigenvalue weighted by atomic mass is 10.0. The topological polar surface area (TPSA) is 75.6 Å². The summed E-state index contributed by atoms with van der Waals surface area (Å²) in [7, 11) is 0. The Kier molecular flexibility index (Phi) is 6.60. The van der Waals surface area contributed by atoms with Crippen LogP contribution in [0.2, 0.25) is 0 Å². The van der Waals surface area contributed by atoms with Gasteiger partial charge in [0.15, 0.2) is 0 Å². The fraction of sp³-hybridized carbons (Fsp3) is 0.364. The SMILES string of the molecule is O=C(O)[C@@H]1CC[C@H](C(=O)NCc2ccc(COCc3ccccc3)cc2)C1. The lowest BCUT2D eigenvalue weighted by molar-refractivity contribution is -0.141. The molecule has 0 heterocycles. The number of rotatable bonds is 8. The Morgan fingerprint density at radius 3 is 2.11 bits per heavy atom. The Hall–Kier alpha value is -2.66. The van der Waals surface area contributed by atoms with Crippen molar-refractivity contribution in [2.45, 2.75) is 39.0 Å². The van der Waals surface area contributed by atoms with Crippen LogP contribution in [0, 0.1) is 11.8 Å². The van der Waals surface area contributed by atoms with E-state index in [2.05, 4.69) is 5.32 Å². The molecule has 5 nitrogen and oxygen atoms in total. The molecule has 0 spiro atoms. The number of carboxylic acids is 1. The van der Waals surface area contributed by atoms with E-state index >= 15 is 0 Å². The molecule has 2 N–H and O–H groups in total. The number of carbonyl (C=O) groups is 2. The Bertz CT molecular complexity index is 758. The molecule has 0 aromatic heterocycles. The van der Waals surface area contributed by atoms with E-state index in [1.54, 1.807) is 0 Å². The van der Waals surface area contributed by atoms with Gasteiger partial charge in [-0.15, -0.1) is 0 Å². The average molecular weight is 367 g/mol. The molecule has 3 rings (SSSR count). The molecule has 2 atom stereocenters.